The second kappa shape index (κ2) is 6.21. The molecule has 1 aromatic carbocycles. The van der Waals surface area contributed by atoms with Gasteiger partial charge in [0, 0.05) is 12.8 Å². The van der Waals surface area contributed by atoms with Crippen molar-refractivity contribution < 1.29 is 16.8 Å². The van der Waals surface area contributed by atoms with Crippen LogP contribution in [0.1, 0.15) is 12.0 Å². The number of sulfone groups is 1. The molecule has 20 heavy (non-hydrogen) atoms. The van der Waals surface area contributed by atoms with Crippen LogP contribution in [0.15, 0.2) is 23.1 Å². The topological polar surface area (TPSA) is 130 Å². The molecule has 0 radical (unpaired) electrons. The lowest BCUT2D eigenvalue weighted by Crippen LogP contribution is -2.26. The quantitative estimate of drug-likeness (QED) is 0.554. The molecule has 0 spiro atoms. The predicted molar refractivity (Wildman–Crippen MR) is 75.1 cm³/mol. The summed E-state index contributed by atoms with van der Waals surface area (Å²) < 4.78 is 48.0. The van der Waals surface area contributed by atoms with Gasteiger partial charge in [-0.05, 0) is 24.6 Å². The molecule has 0 fully saturated rings. The molecule has 1 rings (SSSR count). The number of anilines is 1. The first-order chi connectivity index (χ1) is 9.15. The zero-order chi connectivity index (χ0) is 15.4. The van der Waals surface area contributed by atoms with E-state index in [1.807, 2.05) is 6.07 Å². The average Bonchev–Trinajstić information content (AvgIpc) is 2.33. The number of nitrogens with one attached hydrogen (secondary N) is 1. The Morgan fingerprint density at radius 2 is 1.95 bits per heavy atom. The van der Waals surface area contributed by atoms with Crippen LogP contribution < -0.4 is 10.5 Å². The molecule has 9 heteroatoms. The molecule has 0 aromatic heterocycles. The lowest BCUT2D eigenvalue weighted by atomic mass is 10.2. The van der Waals surface area contributed by atoms with Crippen LogP contribution in [0.5, 0.6) is 0 Å². The van der Waals surface area contributed by atoms with Gasteiger partial charge < -0.3 is 5.73 Å². The highest BCUT2D eigenvalue weighted by Crippen LogP contribution is 2.19. The van der Waals surface area contributed by atoms with Crippen molar-refractivity contribution in [2.24, 2.45) is 0 Å². The van der Waals surface area contributed by atoms with Gasteiger partial charge in [-0.15, -0.1) is 0 Å². The minimum absolute atomic E-state index is 0.00511. The van der Waals surface area contributed by atoms with Crippen LogP contribution in [0.4, 0.5) is 5.69 Å². The number of hydrogen-bond donors (Lipinski definition) is 2. The normalized spacial score (nSPS) is 12.0. The summed E-state index contributed by atoms with van der Waals surface area (Å²) in [5.74, 6) is -0.0988. The number of hydrogen-bond acceptors (Lipinski definition) is 6. The molecule has 7 nitrogen and oxygen atoms in total. The highest BCUT2D eigenvalue weighted by molar-refractivity contribution is 7.90. The Balaban J connectivity index is 2.77. The van der Waals surface area contributed by atoms with E-state index in [4.69, 9.17) is 11.0 Å². The number of rotatable bonds is 6. The van der Waals surface area contributed by atoms with Crippen LogP contribution in [-0.2, 0) is 19.9 Å². The van der Waals surface area contributed by atoms with Gasteiger partial charge in [0.2, 0.25) is 10.0 Å². The van der Waals surface area contributed by atoms with Crippen molar-refractivity contribution >= 4 is 25.5 Å². The van der Waals surface area contributed by atoms with E-state index in [-0.39, 0.29) is 34.9 Å². The van der Waals surface area contributed by atoms with Crippen LogP contribution in [-0.4, -0.2) is 35.4 Å². The summed E-state index contributed by atoms with van der Waals surface area (Å²) in [4.78, 5) is -0.129. The Morgan fingerprint density at radius 3 is 2.45 bits per heavy atom. The fourth-order valence-electron chi connectivity index (χ4n) is 1.48. The number of nitrogens with two attached hydrogens (primary N) is 1. The maximum Gasteiger partial charge on any atom is 0.242 e. The lowest BCUT2D eigenvalue weighted by molar-refractivity contribution is 0.577. The third-order valence-corrected chi connectivity index (χ3v) is 4.98. The van der Waals surface area contributed by atoms with Crippen molar-refractivity contribution in [2.45, 2.75) is 11.3 Å². The first-order valence-electron chi connectivity index (χ1n) is 5.63. The van der Waals surface area contributed by atoms with Gasteiger partial charge in [0.05, 0.1) is 23.1 Å². The van der Waals surface area contributed by atoms with E-state index in [9.17, 15) is 16.8 Å². The number of nitriles is 1. The largest absolute Gasteiger partial charge is 0.398 e. The van der Waals surface area contributed by atoms with E-state index in [1.54, 1.807) is 0 Å². The third kappa shape index (κ3) is 4.80. The van der Waals surface area contributed by atoms with Crippen LogP contribution in [0.2, 0.25) is 0 Å². The van der Waals surface area contributed by atoms with Gasteiger partial charge in [0.15, 0.2) is 0 Å². The van der Waals surface area contributed by atoms with Gasteiger partial charge in [-0.25, -0.2) is 21.6 Å². The number of nitrogens with zero attached hydrogens (tertiary/aromatic N) is 1. The molecule has 0 aliphatic heterocycles. The second-order valence-electron chi connectivity index (χ2n) is 4.25. The van der Waals surface area contributed by atoms with Gasteiger partial charge in [-0.2, -0.15) is 5.26 Å². The van der Waals surface area contributed by atoms with Crippen LogP contribution in [0.3, 0.4) is 0 Å². The summed E-state index contributed by atoms with van der Waals surface area (Å²) >= 11 is 0. The molecule has 1 aromatic rings. The van der Waals surface area contributed by atoms with E-state index in [2.05, 4.69) is 4.72 Å². The number of sulfonamides is 1. The molecule has 0 bridgehead atoms. The molecule has 0 saturated heterocycles. The molecule has 0 amide bonds. The van der Waals surface area contributed by atoms with Crippen molar-refractivity contribution in [3.8, 4) is 6.07 Å². The maximum atomic E-state index is 12.0. The SMILES string of the molecule is CS(=O)(=O)CCCNS(=O)(=O)c1ccc(C#N)cc1N. The standard InChI is InChI=1S/C11H15N3O4S2/c1-19(15,16)6-2-5-14-20(17,18)11-4-3-9(8-12)7-10(11)13/h3-4,7,14H,2,5-6,13H2,1H3. The Bertz CT molecular complexity index is 733. The average molecular weight is 317 g/mol. The van der Waals surface area contributed by atoms with E-state index >= 15 is 0 Å². The van der Waals surface area contributed by atoms with Crippen molar-refractivity contribution in [3.63, 3.8) is 0 Å². The minimum Gasteiger partial charge on any atom is -0.398 e. The van der Waals surface area contributed by atoms with E-state index in [0.717, 1.165) is 6.26 Å². The van der Waals surface area contributed by atoms with Crippen LogP contribution in [0.25, 0.3) is 0 Å². The van der Waals surface area contributed by atoms with Gasteiger partial charge in [0.25, 0.3) is 0 Å². The highest BCUT2D eigenvalue weighted by Gasteiger charge is 2.17. The molecule has 0 atom stereocenters. The summed E-state index contributed by atoms with van der Waals surface area (Å²) in [6.45, 7) is -0.00511. The van der Waals surface area contributed by atoms with Crippen molar-refractivity contribution in [1.29, 1.82) is 5.26 Å². The van der Waals surface area contributed by atoms with Crippen molar-refractivity contribution in [1.82, 2.24) is 4.72 Å². The monoisotopic (exact) mass is 317 g/mol. The zero-order valence-electron chi connectivity index (χ0n) is 10.8. The van der Waals surface area contributed by atoms with E-state index in [1.165, 1.54) is 18.2 Å². The summed E-state index contributed by atoms with van der Waals surface area (Å²) in [7, 11) is -6.93. The molecular weight excluding hydrogens is 302 g/mol. The Kier molecular flexibility index (Phi) is 5.10. The van der Waals surface area contributed by atoms with E-state index < -0.39 is 19.9 Å². The van der Waals surface area contributed by atoms with Gasteiger partial charge >= 0.3 is 0 Å². The van der Waals surface area contributed by atoms with Crippen molar-refractivity contribution in [3.05, 3.63) is 23.8 Å². The minimum atomic E-state index is -3.81. The number of nitrogen functional groups attached to an aromatic ring is 1. The van der Waals surface area contributed by atoms with Gasteiger partial charge in [-0.3, -0.25) is 0 Å². The summed E-state index contributed by atoms with van der Waals surface area (Å²) in [5, 5.41) is 8.68. The van der Waals surface area contributed by atoms with E-state index in [0.29, 0.717) is 0 Å². The third-order valence-electron chi connectivity index (χ3n) is 2.41. The molecule has 0 aliphatic carbocycles. The summed E-state index contributed by atoms with van der Waals surface area (Å²) in [6, 6.07) is 5.71. The molecule has 0 heterocycles. The molecule has 0 saturated carbocycles. The first-order valence-corrected chi connectivity index (χ1v) is 9.17. The van der Waals surface area contributed by atoms with Gasteiger partial charge in [0.1, 0.15) is 14.7 Å². The van der Waals surface area contributed by atoms with Crippen LogP contribution >= 0.6 is 0 Å². The molecule has 3 N–H and O–H groups in total. The maximum absolute atomic E-state index is 12.0. The van der Waals surface area contributed by atoms with Crippen molar-refractivity contribution in [2.75, 3.05) is 24.3 Å². The Morgan fingerprint density at radius 1 is 1.30 bits per heavy atom. The zero-order valence-corrected chi connectivity index (χ0v) is 12.5. The van der Waals surface area contributed by atoms with Crippen LogP contribution in [0, 0.1) is 11.3 Å². The fourth-order valence-corrected chi connectivity index (χ4v) is 3.34. The smallest absolute Gasteiger partial charge is 0.242 e. The Hall–Kier alpha value is -1.63. The molecular formula is C11H15N3O4S2. The first kappa shape index (κ1) is 16.4. The second-order valence-corrected chi connectivity index (χ2v) is 8.24. The Labute approximate surface area is 118 Å². The molecule has 0 aliphatic rings. The predicted octanol–water partition coefficient (Wildman–Crippen LogP) is -0.147. The lowest BCUT2D eigenvalue weighted by Gasteiger charge is -2.09. The number of benzene rings is 1. The van der Waals surface area contributed by atoms with Gasteiger partial charge in [-0.1, -0.05) is 0 Å². The summed E-state index contributed by atoms with van der Waals surface area (Å²) in [5.41, 5.74) is 5.82. The molecule has 0 unspecified atom stereocenters. The summed E-state index contributed by atoms with van der Waals surface area (Å²) in [6.07, 6.45) is 1.26. The fraction of sp³-hybridized carbons (Fsp3) is 0.364. The molecule has 110 valence electrons. The highest BCUT2D eigenvalue weighted by atomic mass is 32.2.